The number of hydrogen-bond acceptors (Lipinski definition) is 4. The molecule has 0 spiro atoms. The van der Waals surface area contributed by atoms with Crippen molar-refractivity contribution < 1.29 is 19.2 Å². The average molecular weight is 358 g/mol. The van der Waals surface area contributed by atoms with Crippen LogP contribution in [-0.2, 0) is 19.2 Å². The first-order valence-corrected chi connectivity index (χ1v) is 8.44. The highest BCUT2D eigenvalue weighted by molar-refractivity contribution is 6.14. The van der Waals surface area contributed by atoms with E-state index in [1.165, 1.54) is 0 Å². The van der Waals surface area contributed by atoms with E-state index < -0.39 is 0 Å². The molecule has 0 unspecified atom stereocenters. The van der Waals surface area contributed by atoms with Gasteiger partial charge in [-0.05, 0) is 50.0 Å². The number of ketones is 2. The zero-order valence-corrected chi connectivity index (χ0v) is 15.9. The van der Waals surface area contributed by atoms with Crippen LogP contribution in [0, 0.1) is 0 Å². The summed E-state index contributed by atoms with van der Waals surface area (Å²) in [5.41, 5.74) is 3.04. The zero-order chi connectivity index (χ0) is 20.0. The van der Waals surface area contributed by atoms with Gasteiger partial charge in [0.2, 0.25) is 0 Å². The van der Waals surface area contributed by atoms with Crippen molar-refractivity contribution in [2.45, 2.75) is 40.5 Å². The second-order valence-corrected chi connectivity index (χ2v) is 6.42. The van der Waals surface area contributed by atoms with E-state index in [4.69, 9.17) is 0 Å². The van der Waals surface area contributed by atoms with E-state index in [1.807, 2.05) is 0 Å². The van der Waals surface area contributed by atoms with Gasteiger partial charge in [-0.3, -0.25) is 19.2 Å². The molecule has 0 saturated heterocycles. The molecule has 0 aliphatic heterocycles. The highest BCUT2D eigenvalue weighted by atomic mass is 16.2. The van der Waals surface area contributed by atoms with Gasteiger partial charge in [0, 0.05) is 25.9 Å². The number of Topliss-reactive ketones (excluding diaryl/α,β-unsaturated/α-hetero) is 2. The minimum atomic E-state index is -0.384. The van der Waals surface area contributed by atoms with Crippen LogP contribution in [-0.4, -0.2) is 36.5 Å². The van der Waals surface area contributed by atoms with Gasteiger partial charge in [0.05, 0.1) is 11.1 Å². The number of amides is 2. The molecule has 0 bridgehead atoms. The lowest BCUT2D eigenvalue weighted by atomic mass is 9.81. The van der Waals surface area contributed by atoms with Gasteiger partial charge in [-0.1, -0.05) is 13.2 Å². The van der Waals surface area contributed by atoms with Crippen LogP contribution in [0.3, 0.4) is 0 Å². The minimum Gasteiger partial charge on any atom is -0.352 e. The molecule has 0 saturated carbocycles. The van der Waals surface area contributed by atoms with Crippen molar-refractivity contribution in [3.63, 3.8) is 0 Å². The molecule has 2 amide bonds. The summed E-state index contributed by atoms with van der Waals surface area (Å²) in [6.07, 6.45) is 0.335. The standard InChI is InChI=1S/C20H26N2O4/c1-11(2)15(23)7-9-21-19(25)17-13(5)14(6)18(17)20(26)22-10-8-16(24)12(3)4/h1,3,7-10H2,2,4-6H3,(H,21,25)(H,22,26). The van der Waals surface area contributed by atoms with E-state index in [2.05, 4.69) is 23.8 Å². The van der Waals surface area contributed by atoms with Gasteiger partial charge >= 0.3 is 0 Å². The molecule has 26 heavy (non-hydrogen) atoms. The summed E-state index contributed by atoms with van der Waals surface area (Å²) in [6.45, 7) is 14.3. The van der Waals surface area contributed by atoms with Crippen LogP contribution in [0.4, 0.5) is 0 Å². The van der Waals surface area contributed by atoms with Crippen molar-refractivity contribution in [3.8, 4) is 0 Å². The molecular formula is C20H26N2O4. The molecule has 0 heterocycles. The van der Waals surface area contributed by atoms with Gasteiger partial charge < -0.3 is 10.6 Å². The lowest BCUT2D eigenvalue weighted by molar-refractivity contribution is -0.121. The monoisotopic (exact) mass is 358 g/mol. The molecule has 2 N–H and O–H groups in total. The van der Waals surface area contributed by atoms with Crippen LogP contribution >= 0.6 is 0 Å². The summed E-state index contributed by atoms with van der Waals surface area (Å²) in [6, 6.07) is 0. The second kappa shape index (κ2) is 9.08. The Kier molecular flexibility index (Phi) is 7.43. The van der Waals surface area contributed by atoms with E-state index in [0.29, 0.717) is 22.3 Å². The van der Waals surface area contributed by atoms with E-state index in [9.17, 15) is 19.2 Å². The van der Waals surface area contributed by atoms with Gasteiger partial charge in [0.1, 0.15) is 0 Å². The molecule has 1 aliphatic carbocycles. The Morgan fingerprint density at radius 3 is 1.31 bits per heavy atom. The summed E-state index contributed by atoms with van der Waals surface area (Å²) >= 11 is 0. The third kappa shape index (κ3) is 5.12. The molecule has 6 nitrogen and oxygen atoms in total. The molecule has 6 heteroatoms. The molecule has 0 radical (unpaired) electrons. The number of rotatable bonds is 10. The number of allylic oxidation sites excluding steroid dienone is 2. The normalized spacial score (nSPS) is 13.1. The first-order valence-electron chi connectivity index (χ1n) is 8.44. The molecule has 0 atom stereocenters. The van der Waals surface area contributed by atoms with Gasteiger partial charge in [-0.25, -0.2) is 0 Å². The van der Waals surface area contributed by atoms with Crippen LogP contribution in [0.5, 0.6) is 0 Å². The Morgan fingerprint density at radius 2 is 1.04 bits per heavy atom. The number of hydrogen-bond donors (Lipinski definition) is 2. The van der Waals surface area contributed by atoms with Crippen LogP contribution < -0.4 is 10.6 Å². The highest BCUT2D eigenvalue weighted by Gasteiger charge is 2.32. The quantitative estimate of drug-likeness (QED) is 0.584. The third-order valence-electron chi connectivity index (χ3n) is 4.24. The van der Waals surface area contributed by atoms with Crippen molar-refractivity contribution in [2.24, 2.45) is 0 Å². The fourth-order valence-electron chi connectivity index (χ4n) is 2.44. The Balaban J connectivity index is 2.67. The van der Waals surface area contributed by atoms with E-state index in [-0.39, 0.29) is 49.3 Å². The first kappa shape index (κ1) is 21.3. The zero-order valence-electron chi connectivity index (χ0n) is 15.9. The van der Waals surface area contributed by atoms with Gasteiger partial charge in [0.15, 0.2) is 11.6 Å². The van der Waals surface area contributed by atoms with Crippen molar-refractivity contribution in [3.05, 3.63) is 46.6 Å². The van der Waals surface area contributed by atoms with E-state index in [1.54, 1.807) is 27.7 Å². The Bertz CT molecular complexity index is 692. The minimum absolute atomic E-state index is 0.114. The summed E-state index contributed by atoms with van der Waals surface area (Å²) < 4.78 is 0. The fourth-order valence-corrected chi connectivity index (χ4v) is 2.44. The fraction of sp³-hybridized carbons (Fsp3) is 0.400. The van der Waals surface area contributed by atoms with Gasteiger partial charge in [-0.15, -0.1) is 0 Å². The predicted octanol–water partition coefficient (Wildman–Crippen LogP) is 1.94. The predicted molar refractivity (Wildman–Crippen MR) is 100 cm³/mol. The summed E-state index contributed by atoms with van der Waals surface area (Å²) in [4.78, 5) is 47.7. The summed E-state index contributed by atoms with van der Waals surface area (Å²) in [5, 5.41) is 5.31. The number of nitrogens with one attached hydrogen (secondary N) is 2. The molecule has 1 aliphatic rings. The van der Waals surface area contributed by atoms with Crippen LogP contribution in [0.25, 0.3) is 0 Å². The largest absolute Gasteiger partial charge is 0.352 e. The molecule has 0 fully saturated rings. The molecule has 0 aromatic carbocycles. The smallest absolute Gasteiger partial charge is 0.252 e. The SMILES string of the molecule is C=C(C)C(=O)CCNC(=O)C1=C(C(=O)NCCC(=O)C(=C)C)C(C)=C1C. The van der Waals surface area contributed by atoms with Crippen LogP contribution in [0.1, 0.15) is 40.5 Å². The maximum atomic E-state index is 12.3. The Hall–Kier alpha value is -2.76. The molecular weight excluding hydrogens is 332 g/mol. The van der Waals surface area contributed by atoms with Crippen molar-refractivity contribution >= 4 is 23.4 Å². The van der Waals surface area contributed by atoms with Crippen LogP contribution in [0.15, 0.2) is 46.6 Å². The molecule has 0 aromatic heterocycles. The maximum absolute atomic E-state index is 12.3. The average Bonchev–Trinajstić information content (AvgIpc) is 2.57. The van der Waals surface area contributed by atoms with Gasteiger partial charge in [0.25, 0.3) is 11.8 Å². The van der Waals surface area contributed by atoms with E-state index >= 15 is 0 Å². The van der Waals surface area contributed by atoms with Crippen molar-refractivity contribution in [1.29, 1.82) is 0 Å². The van der Waals surface area contributed by atoms with Crippen LogP contribution in [0.2, 0.25) is 0 Å². The topological polar surface area (TPSA) is 92.3 Å². The third-order valence-corrected chi connectivity index (χ3v) is 4.24. The number of carbonyl (C=O) groups is 4. The lowest BCUT2D eigenvalue weighted by Crippen LogP contribution is -2.37. The Morgan fingerprint density at radius 1 is 0.731 bits per heavy atom. The maximum Gasteiger partial charge on any atom is 0.252 e. The first-order chi connectivity index (χ1) is 12.1. The molecule has 0 aromatic rings. The second-order valence-electron chi connectivity index (χ2n) is 6.42. The molecule has 1 rings (SSSR count). The van der Waals surface area contributed by atoms with Gasteiger partial charge in [-0.2, -0.15) is 0 Å². The lowest BCUT2D eigenvalue weighted by Gasteiger charge is -2.26. The number of carbonyl (C=O) groups excluding carboxylic acids is 4. The molecule has 140 valence electrons. The van der Waals surface area contributed by atoms with Crippen molar-refractivity contribution in [1.82, 2.24) is 10.6 Å². The summed E-state index contributed by atoms with van der Waals surface area (Å²) in [5.74, 6) is -0.996. The Labute approximate surface area is 154 Å². The highest BCUT2D eigenvalue weighted by Crippen LogP contribution is 2.34. The van der Waals surface area contributed by atoms with E-state index in [0.717, 1.165) is 11.1 Å². The summed E-state index contributed by atoms with van der Waals surface area (Å²) in [7, 11) is 0. The van der Waals surface area contributed by atoms with Crippen molar-refractivity contribution in [2.75, 3.05) is 13.1 Å².